The van der Waals surface area contributed by atoms with Gasteiger partial charge in [0.25, 0.3) is 0 Å². The van der Waals surface area contributed by atoms with E-state index < -0.39 is 0 Å². The van der Waals surface area contributed by atoms with Gasteiger partial charge in [-0.05, 0) is 140 Å². The van der Waals surface area contributed by atoms with Crippen molar-refractivity contribution in [1.82, 2.24) is 0 Å². The number of benzene rings is 8. The van der Waals surface area contributed by atoms with E-state index in [1.807, 2.05) is 119 Å². The minimum absolute atomic E-state index is 0.0954. The number of allylic oxidation sites excluding steroid dienone is 7. The van der Waals surface area contributed by atoms with Crippen LogP contribution in [-0.2, 0) is 0 Å². The molecule has 0 saturated carbocycles. The number of rotatable bonds is 11. The highest BCUT2D eigenvalue weighted by molar-refractivity contribution is 6.52. The fourth-order valence-electron chi connectivity index (χ4n) is 9.95. The van der Waals surface area contributed by atoms with Gasteiger partial charge in [-0.1, -0.05) is 139 Å². The molecule has 0 fully saturated rings. The van der Waals surface area contributed by atoms with Crippen molar-refractivity contribution >= 4 is 81.7 Å². The van der Waals surface area contributed by atoms with Crippen molar-refractivity contribution in [2.45, 2.75) is 19.3 Å². The number of anilines is 5. The normalized spacial score (nSPS) is 14.1. The van der Waals surface area contributed by atoms with E-state index in [0.29, 0.717) is 27.8 Å². The summed E-state index contributed by atoms with van der Waals surface area (Å²) in [6.07, 6.45) is 15.7. The monoisotopic (exact) mass is 940 g/mol. The number of hydrogen-bond acceptors (Lipinski definition) is 8. The third-order valence-corrected chi connectivity index (χ3v) is 14.3. The van der Waals surface area contributed by atoms with Crippen molar-refractivity contribution in [3.8, 4) is 79.0 Å². The van der Waals surface area contributed by atoms with E-state index in [1.54, 1.807) is 31.4 Å². The van der Waals surface area contributed by atoms with E-state index >= 15 is 0 Å². The minimum Gasteiger partial charge on any atom is -0.506 e. The maximum atomic E-state index is 11.6. The Bertz CT molecular complexity index is 3440. The lowest BCUT2D eigenvalue weighted by Gasteiger charge is -2.31. The Morgan fingerprint density at radius 1 is 0.417 bits per heavy atom. The predicted molar refractivity (Wildman–Crippen MR) is 306 cm³/mol. The van der Waals surface area contributed by atoms with E-state index in [4.69, 9.17) is 0 Å². The predicted octanol–water partition coefficient (Wildman–Crippen LogP) is 7.97. The molecule has 2 aliphatic carbocycles. The van der Waals surface area contributed by atoms with Crippen molar-refractivity contribution in [2.75, 3.05) is 9.80 Å². The molecule has 8 aromatic rings. The van der Waals surface area contributed by atoms with Crippen LogP contribution in [0.2, 0.25) is 0 Å². The molecule has 0 amide bonds. The molecule has 350 valence electrons. The quantitative estimate of drug-likeness (QED) is 0.0439. The molecule has 8 aromatic carbocycles. The lowest BCUT2D eigenvalue weighted by atomic mass is 9.78. The Balaban J connectivity index is 0.944. The first kappa shape index (κ1) is 47.1. The largest absolute Gasteiger partial charge is 0.506 e. The molecule has 0 radical (unpaired) electrons. The molecule has 0 aromatic heterocycles. The Labute approximate surface area is 423 Å². The van der Waals surface area contributed by atoms with Crippen LogP contribution in [0.1, 0.15) is 19.3 Å². The van der Waals surface area contributed by atoms with Crippen LogP contribution >= 0.6 is 0 Å². The van der Waals surface area contributed by atoms with Crippen LogP contribution < -0.4 is 31.7 Å². The van der Waals surface area contributed by atoms with Gasteiger partial charge < -0.3 is 40.4 Å². The fraction of sp³-hybridized carbons (Fsp3) is 0.0667. The summed E-state index contributed by atoms with van der Waals surface area (Å²) in [5, 5.41) is 67.2. The van der Waals surface area contributed by atoms with Crippen molar-refractivity contribution in [3.63, 3.8) is 0 Å². The van der Waals surface area contributed by atoms with Gasteiger partial charge in [0.1, 0.15) is 48.6 Å². The summed E-state index contributed by atoms with van der Waals surface area (Å²) >= 11 is 0. The van der Waals surface area contributed by atoms with Crippen LogP contribution in [0.3, 0.4) is 0 Å². The SMILES string of the molecule is Bc1c(B)c(O)c(N(C2=CCC(C3=CC=CCC3)C=C2)c2ccc(-c3cccc(-c4cccc(-c5ccc(N(c6ccc(-c7ccccc7)cc6)c6c(B)c(O)c(O)c(B)c6O)cc5)c4)c3)cc2)c(O)c1O. The average Bonchev–Trinajstić information content (AvgIpc) is 3.44. The van der Waals surface area contributed by atoms with E-state index in [0.717, 1.165) is 80.8 Å². The number of nitrogens with zero attached hydrogens (tertiary/aromatic N) is 2. The summed E-state index contributed by atoms with van der Waals surface area (Å²) in [4.78, 5) is 3.72. The Morgan fingerprint density at radius 2 is 0.861 bits per heavy atom. The third-order valence-electron chi connectivity index (χ3n) is 14.3. The van der Waals surface area contributed by atoms with Gasteiger partial charge in [-0.15, -0.1) is 0 Å². The van der Waals surface area contributed by atoms with Crippen LogP contribution in [0.25, 0.3) is 44.5 Å². The summed E-state index contributed by atoms with van der Waals surface area (Å²) < 4.78 is 0. The van der Waals surface area contributed by atoms with Crippen LogP contribution in [0.4, 0.5) is 28.4 Å². The van der Waals surface area contributed by atoms with Crippen molar-refractivity contribution in [2.24, 2.45) is 5.92 Å². The maximum Gasteiger partial charge on any atom is 0.185 e. The van der Waals surface area contributed by atoms with Crippen molar-refractivity contribution < 1.29 is 30.6 Å². The lowest BCUT2D eigenvalue weighted by molar-refractivity contribution is 0.402. The maximum absolute atomic E-state index is 11.6. The first-order valence-electron chi connectivity index (χ1n) is 24.3. The summed E-state index contributed by atoms with van der Waals surface area (Å²) in [7, 11) is 6.68. The third kappa shape index (κ3) is 8.81. The molecule has 0 heterocycles. The molecular formula is C60H52B4N2O6. The number of phenolic OH excluding ortho intramolecular Hbond substituents is 6. The first-order valence-corrected chi connectivity index (χ1v) is 24.3. The highest BCUT2D eigenvalue weighted by Crippen LogP contribution is 2.47. The zero-order chi connectivity index (χ0) is 50.2. The highest BCUT2D eigenvalue weighted by atomic mass is 16.3. The Hall–Kier alpha value is -8.62. The smallest absolute Gasteiger partial charge is 0.185 e. The second-order valence-corrected chi connectivity index (χ2v) is 18.7. The minimum atomic E-state index is -0.380. The van der Waals surface area contributed by atoms with Gasteiger partial charge in [0.05, 0.1) is 5.69 Å². The summed E-state index contributed by atoms with van der Waals surface area (Å²) in [6, 6.07) is 51.0. The van der Waals surface area contributed by atoms with Crippen molar-refractivity contribution in [1.29, 1.82) is 0 Å². The zero-order valence-electron chi connectivity index (χ0n) is 40.7. The lowest BCUT2D eigenvalue weighted by Crippen LogP contribution is -2.29. The topological polar surface area (TPSA) is 128 Å². The number of aromatic hydroxyl groups is 6. The molecule has 2 aliphatic rings. The van der Waals surface area contributed by atoms with E-state index in [-0.39, 0.29) is 51.6 Å². The van der Waals surface area contributed by atoms with Gasteiger partial charge in [-0.25, -0.2) is 0 Å². The van der Waals surface area contributed by atoms with E-state index in [9.17, 15) is 30.6 Å². The fourth-order valence-corrected chi connectivity index (χ4v) is 9.95. The van der Waals surface area contributed by atoms with Gasteiger partial charge in [-0.2, -0.15) is 0 Å². The van der Waals surface area contributed by atoms with Crippen LogP contribution in [-0.4, -0.2) is 62.0 Å². The van der Waals surface area contributed by atoms with E-state index in [2.05, 4.69) is 78.9 Å². The van der Waals surface area contributed by atoms with Gasteiger partial charge >= 0.3 is 0 Å². The molecule has 0 aliphatic heterocycles. The summed E-state index contributed by atoms with van der Waals surface area (Å²) in [5.41, 5.74) is 14.5. The molecule has 1 unspecified atom stereocenters. The molecule has 0 saturated heterocycles. The molecule has 12 heteroatoms. The van der Waals surface area contributed by atoms with Crippen LogP contribution in [0, 0.1) is 5.92 Å². The molecule has 8 nitrogen and oxygen atoms in total. The molecule has 1 atom stereocenters. The average molecular weight is 940 g/mol. The van der Waals surface area contributed by atoms with Gasteiger partial charge in [0.2, 0.25) is 0 Å². The second-order valence-electron chi connectivity index (χ2n) is 18.7. The van der Waals surface area contributed by atoms with Gasteiger partial charge in [0, 0.05) is 28.7 Å². The Morgan fingerprint density at radius 3 is 1.38 bits per heavy atom. The zero-order valence-corrected chi connectivity index (χ0v) is 40.7. The van der Waals surface area contributed by atoms with Crippen LogP contribution in [0.15, 0.2) is 199 Å². The molecule has 6 N–H and O–H groups in total. The molecular weight excluding hydrogens is 888 g/mol. The first-order chi connectivity index (χ1) is 34.9. The summed E-state index contributed by atoms with van der Waals surface area (Å²) in [6.45, 7) is 0. The highest BCUT2D eigenvalue weighted by Gasteiger charge is 2.29. The molecule has 72 heavy (non-hydrogen) atoms. The van der Waals surface area contributed by atoms with Gasteiger partial charge in [-0.3, -0.25) is 0 Å². The standard InChI is InChI=1S/C60H52B4N2O6/c61-49-50(62)57(69)60(72)54(55(49)67)66(47-27-19-38(20-28-47)36-11-5-2-6-12-36)48-31-23-40(24-32-48)42-14-8-16-44(34-42)43-15-7-13-41(33-43)39-21-29-46(30-22-39)65(53-51(63)58(70)59(71)52(64)56(53)68)45-25-17-37(18-26-45)35-9-3-1-4-10-35/h1-5,7-11,13-19,21-34,38,67-72H,6,12,20,61-64H2. The van der Waals surface area contributed by atoms with Crippen LogP contribution in [0.5, 0.6) is 34.5 Å². The Kier molecular flexibility index (Phi) is 12.8. The van der Waals surface area contributed by atoms with Gasteiger partial charge in [0.15, 0.2) is 23.0 Å². The number of hydrogen-bond donors (Lipinski definition) is 6. The van der Waals surface area contributed by atoms with E-state index in [1.165, 1.54) is 5.57 Å². The molecule has 0 bridgehead atoms. The molecule has 0 spiro atoms. The number of phenols is 6. The second kappa shape index (κ2) is 19.6. The summed E-state index contributed by atoms with van der Waals surface area (Å²) in [5.74, 6) is -1.23. The molecule has 10 rings (SSSR count). The van der Waals surface area contributed by atoms with Crippen molar-refractivity contribution in [3.05, 3.63) is 199 Å².